The first-order chi connectivity index (χ1) is 19.9. The molecule has 1 aromatic heterocycles. The van der Waals surface area contributed by atoms with Crippen LogP contribution in [0.15, 0.2) is 29.8 Å². The van der Waals surface area contributed by atoms with Crippen LogP contribution in [0.25, 0.3) is 10.4 Å². The second kappa shape index (κ2) is 15.2. The van der Waals surface area contributed by atoms with Gasteiger partial charge in [0.05, 0.1) is 40.3 Å². The van der Waals surface area contributed by atoms with E-state index in [1.54, 1.807) is 30.1 Å². The van der Waals surface area contributed by atoms with Crippen molar-refractivity contribution >= 4 is 35.5 Å². The number of thiazole rings is 1. The van der Waals surface area contributed by atoms with Crippen molar-refractivity contribution in [3.8, 4) is 10.4 Å². The average molecular weight is 604 g/mol. The number of aromatic nitrogens is 1. The summed E-state index contributed by atoms with van der Waals surface area (Å²) >= 11 is 1.58. The van der Waals surface area contributed by atoms with Crippen molar-refractivity contribution in [3.63, 3.8) is 0 Å². The van der Waals surface area contributed by atoms with Gasteiger partial charge in [-0.2, -0.15) is 0 Å². The molecule has 2 aromatic rings. The Morgan fingerprint density at radius 3 is 2.57 bits per heavy atom. The van der Waals surface area contributed by atoms with E-state index in [9.17, 15) is 24.3 Å². The Morgan fingerprint density at radius 1 is 1.24 bits per heavy atom. The Morgan fingerprint density at radius 2 is 1.95 bits per heavy atom. The molecule has 1 fully saturated rings. The van der Waals surface area contributed by atoms with Crippen LogP contribution >= 0.6 is 11.3 Å². The van der Waals surface area contributed by atoms with Gasteiger partial charge >= 0.3 is 6.09 Å². The second-order valence-electron chi connectivity index (χ2n) is 11.2. The number of hydrogen-bond acceptors (Lipinski definition) is 9. The SMILES string of the molecule is Cc1ncsc1-c1ccc(C(C)NC(=O)[C@@H]2C[C@@H](O)CN2CC(NC(=O)COCCCNC(=O)O)C(C)(C)C=O)cc1. The van der Waals surface area contributed by atoms with Gasteiger partial charge in [-0.15, -0.1) is 11.3 Å². The number of amides is 3. The van der Waals surface area contributed by atoms with Gasteiger partial charge < -0.3 is 35.7 Å². The van der Waals surface area contributed by atoms with Gasteiger partial charge in [-0.25, -0.2) is 9.78 Å². The molecular weight excluding hydrogens is 562 g/mol. The summed E-state index contributed by atoms with van der Waals surface area (Å²) in [7, 11) is 0. The van der Waals surface area contributed by atoms with Crippen molar-refractivity contribution in [2.24, 2.45) is 5.41 Å². The standard InChI is InChI=1S/C29H41N5O7S/c1-18(20-6-8-21(9-7-20)26-19(2)31-17-42-26)32-27(38)23-12-22(36)13-34(23)14-24(29(3,4)16-35)33-25(37)15-41-11-5-10-30-28(39)40/h6-9,16-18,22-24,30,36H,5,10-15H2,1-4H3,(H,32,38)(H,33,37)(H,39,40)/t18?,22-,23+,24?/m1/s1. The molecule has 5 N–H and O–H groups in total. The zero-order chi connectivity index (χ0) is 30.9. The van der Waals surface area contributed by atoms with E-state index < -0.39 is 35.6 Å². The first-order valence-corrected chi connectivity index (χ1v) is 14.8. The number of carboxylic acid groups (broad SMARTS) is 1. The van der Waals surface area contributed by atoms with Gasteiger partial charge in [0.15, 0.2) is 0 Å². The molecular formula is C29H41N5O7S. The molecule has 0 aliphatic carbocycles. The number of aliphatic hydroxyl groups is 1. The molecule has 230 valence electrons. The molecule has 0 bridgehead atoms. The van der Waals surface area contributed by atoms with Gasteiger partial charge in [0.25, 0.3) is 0 Å². The molecule has 3 amide bonds. The van der Waals surface area contributed by atoms with Crippen LogP contribution in [0.5, 0.6) is 0 Å². The number of aldehydes is 1. The number of carbonyl (C=O) groups is 4. The highest BCUT2D eigenvalue weighted by Gasteiger charge is 2.40. The molecule has 3 rings (SSSR count). The van der Waals surface area contributed by atoms with E-state index in [2.05, 4.69) is 20.9 Å². The zero-order valence-corrected chi connectivity index (χ0v) is 25.3. The largest absolute Gasteiger partial charge is 0.465 e. The number of carbonyl (C=O) groups excluding carboxylic acids is 3. The second-order valence-corrected chi connectivity index (χ2v) is 12.0. The minimum atomic E-state index is -1.13. The van der Waals surface area contributed by atoms with Gasteiger partial charge in [-0.3, -0.25) is 14.5 Å². The smallest absolute Gasteiger partial charge is 0.404 e. The van der Waals surface area contributed by atoms with E-state index in [0.29, 0.717) is 6.42 Å². The molecule has 2 unspecified atom stereocenters. The number of nitrogens with one attached hydrogen (secondary N) is 3. The molecule has 4 atom stereocenters. The lowest BCUT2D eigenvalue weighted by atomic mass is 9.85. The highest BCUT2D eigenvalue weighted by atomic mass is 32.1. The quantitative estimate of drug-likeness (QED) is 0.151. The Kier molecular flexibility index (Phi) is 12.0. The first-order valence-electron chi connectivity index (χ1n) is 13.9. The van der Waals surface area contributed by atoms with Crippen molar-refractivity contribution in [2.75, 3.05) is 32.8 Å². The van der Waals surface area contributed by atoms with Crippen molar-refractivity contribution < 1.29 is 34.1 Å². The lowest BCUT2D eigenvalue weighted by Gasteiger charge is -2.35. The minimum Gasteiger partial charge on any atom is -0.465 e. The van der Waals surface area contributed by atoms with E-state index in [4.69, 9.17) is 9.84 Å². The fraction of sp³-hybridized carbons (Fsp3) is 0.552. The molecule has 1 aromatic carbocycles. The molecule has 12 nitrogen and oxygen atoms in total. The predicted octanol–water partition coefficient (Wildman–Crippen LogP) is 2.12. The van der Waals surface area contributed by atoms with Gasteiger partial charge in [-0.05, 0) is 37.8 Å². The predicted molar refractivity (Wildman–Crippen MR) is 158 cm³/mol. The molecule has 0 radical (unpaired) electrons. The van der Waals surface area contributed by atoms with Crippen LogP contribution in [-0.4, -0.2) is 95.3 Å². The van der Waals surface area contributed by atoms with Crippen molar-refractivity contribution in [1.29, 1.82) is 0 Å². The first kappa shape index (κ1) is 33.1. The summed E-state index contributed by atoms with van der Waals surface area (Å²) in [6, 6.07) is 6.40. The Balaban J connectivity index is 1.59. The third-order valence-electron chi connectivity index (χ3n) is 7.39. The molecule has 1 aliphatic heterocycles. The number of aliphatic hydroxyl groups excluding tert-OH is 1. The van der Waals surface area contributed by atoms with Crippen molar-refractivity contribution in [3.05, 3.63) is 41.0 Å². The summed E-state index contributed by atoms with van der Waals surface area (Å²) in [5.41, 5.74) is 3.83. The van der Waals surface area contributed by atoms with Crippen LogP contribution in [-0.2, 0) is 19.1 Å². The molecule has 1 saturated heterocycles. The Bertz CT molecular complexity index is 1220. The fourth-order valence-corrected chi connectivity index (χ4v) is 5.61. The molecule has 0 spiro atoms. The highest BCUT2D eigenvalue weighted by molar-refractivity contribution is 7.13. The summed E-state index contributed by atoms with van der Waals surface area (Å²) in [6.45, 7) is 7.79. The summed E-state index contributed by atoms with van der Waals surface area (Å²) in [4.78, 5) is 55.6. The van der Waals surface area contributed by atoms with Gasteiger partial charge in [0, 0.05) is 31.7 Å². The fourth-order valence-electron chi connectivity index (χ4n) is 4.80. The molecule has 0 saturated carbocycles. The maximum absolute atomic E-state index is 13.4. The Hall–Kier alpha value is -3.39. The van der Waals surface area contributed by atoms with Crippen LogP contribution in [0.1, 0.15) is 50.9 Å². The van der Waals surface area contributed by atoms with E-state index in [0.717, 1.165) is 28.0 Å². The number of benzene rings is 1. The molecule has 2 heterocycles. The van der Waals surface area contributed by atoms with Crippen molar-refractivity contribution in [2.45, 2.75) is 64.8 Å². The van der Waals surface area contributed by atoms with Crippen LogP contribution in [0.2, 0.25) is 0 Å². The number of likely N-dealkylation sites (tertiary alicyclic amines) is 1. The van der Waals surface area contributed by atoms with Crippen molar-refractivity contribution in [1.82, 2.24) is 25.8 Å². The molecule has 13 heteroatoms. The zero-order valence-electron chi connectivity index (χ0n) is 24.5. The van der Waals surface area contributed by atoms with Crippen LogP contribution in [0, 0.1) is 12.3 Å². The number of β-amino-alcohol motifs (C(OH)–C–C–N with tert-alkyl or cyclic N) is 1. The van der Waals surface area contributed by atoms with Gasteiger partial charge in [0.1, 0.15) is 12.9 Å². The van der Waals surface area contributed by atoms with E-state index in [-0.39, 0.29) is 51.2 Å². The van der Waals surface area contributed by atoms with E-state index in [1.807, 2.05) is 43.6 Å². The molecule has 1 aliphatic rings. The normalized spacial score (nSPS) is 18.7. The average Bonchev–Trinajstić information content (AvgIpc) is 3.54. The third kappa shape index (κ3) is 9.31. The third-order valence-corrected chi connectivity index (χ3v) is 8.37. The van der Waals surface area contributed by atoms with Gasteiger partial charge in [0.2, 0.25) is 11.8 Å². The van der Waals surface area contributed by atoms with Crippen LogP contribution < -0.4 is 16.0 Å². The van der Waals surface area contributed by atoms with E-state index >= 15 is 0 Å². The minimum absolute atomic E-state index is 0.173. The van der Waals surface area contributed by atoms with Crippen LogP contribution in [0.3, 0.4) is 0 Å². The Labute approximate surface area is 249 Å². The summed E-state index contributed by atoms with van der Waals surface area (Å²) in [5, 5.41) is 27.2. The van der Waals surface area contributed by atoms with E-state index in [1.165, 1.54) is 0 Å². The number of nitrogens with zero attached hydrogens (tertiary/aromatic N) is 2. The number of aryl methyl sites for hydroxylation is 1. The topological polar surface area (TPSA) is 170 Å². The number of hydrogen-bond donors (Lipinski definition) is 5. The molecule has 42 heavy (non-hydrogen) atoms. The van der Waals surface area contributed by atoms with Crippen LogP contribution in [0.4, 0.5) is 4.79 Å². The maximum Gasteiger partial charge on any atom is 0.404 e. The maximum atomic E-state index is 13.4. The number of rotatable bonds is 15. The van der Waals surface area contributed by atoms with Gasteiger partial charge in [-0.1, -0.05) is 38.1 Å². The summed E-state index contributed by atoms with van der Waals surface area (Å²) in [6.07, 6.45) is -0.456. The highest BCUT2D eigenvalue weighted by Crippen LogP contribution is 2.29. The summed E-state index contributed by atoms with van der Waals surface area (Å²) in [5.74, 6) is -0.679. The lowest BCUT2D eigenvalue weighted by molar-refractivity contribution is -0.128. The lowest BCUT2D eigenvalue weighted by Crippen LogP contribution is -2.55. The number of ether oxygens (including phenoxy) is 1. The summed E-state index contributed by atoms with van der Waals surface area (Å²) < 4.78 is 5.34. The monoisotopic (exact) mass is 603 g/mol.